The third-order valence-corrected chi connectivity index (χ3v) is 5.64. The molecule has 3 nitrogen and oxygen atoms in total. The second kappa shape index (κ2) is 10.5. The summed E-state index contributed by atoms with van der Waals surface area (Å²) in [5.74, 6) is 0.285. The van der Waals surface area contributed by atoms with Crippen LogP contribution in [0, 0.1) is 11.8 Å². The van der Waals surface area contributed by atoms with Crippen molar-refractivity contribution in [2.75, 3.05) is 6.26 Å². The number of nitrogens with one attached hydrogen (secondary N) is 1. The fourth-order valence-electron chi connectivity index (χ4n) is 1.18. The summed E-state index contributed by atoms with van der Waals surface area (Å²) in [6, 6.07) is -0.0698. The van der Waals surface area contributed by atoms with E-state index in [1.54, 1.807) is 11.8 Å². The van der Waals surface area contributed by atoms with Gasteiger partial charge in [-0.15, -0.1) is 0 Å². The molecule has 0 aliphatic heterocycles. The minimum atomic E-state index is -0.0698. The average molecular weight is 393 g/mol. The van der Waals surface area contributed by atoms with Crippen LogP contribution in [0.4, 0.5) is 0 Å². The molecule has 0 aliphatic carbocycles. The monoisotopic (exact) mass is 392 g/mol. The largest absolute Gasteiger partial charge is 0.305 e. The van der Waals surface area contributed by atoms with Gasteiger partial charge in [0, 0.05) is 10.8 Å². The molecule has 6 heteroatoms. The van der Waals surface area contributed by atoms with Crippen molar-refractivity contribution < 1.29 is 4.79 Å². The van der Waals surface area contributed by atoms with Crippen LogP contribution in [0.1, 0.15) is 34.6 Å². The van der Waals surface area contributed by atoms with Gasteiger partial charge in [0.05, 0.1) is 9.86 Å². The lowest BCUT2D eigenvalue weighted by Gasteiger charge is -2.17. The fraction of sp³-hybridized carbons (Fsp3) is 0.600. The lowest BCUT2D eigenvalue weighted by atomic mass is 9.97. The Bertz CT molecular complexity index is 433. The number of hydrogen-bond acceptors (Lipinski definition) is 4. The van der Waals surface area contributed by atoms with Crippen LogP contribution in [0.3, 0.4) is 0 Å². The van der Waals surface area contributed by atoms with Crippen molar-refractivity contribution in [3.63, 3.8) is 0 Å². The quantitative estimate of drug-likeness (QED) is 0.510. The van der Waals surface area contributed by atoms with Crippen LogP contribution >= 0.6 is 39.5 Å². The molecule has 0 saturated carbocycles. The second-order valence-electron chi connectivity index (χ2n) is 5.00. The van der Waals surface area contributed by atoms with Gasteiger partial charge in [-0.2, -0.15) is 0 Å². The molecule has 0 spiro atoms. The van der Waals surface area contributed by atoms with E-state index in [1.165, 1.54) is 11.8 Å². The number of carbonyl (C=O) groups is 1. The molecule has 0 rings (SSSR count). The van der Waals surface area contributed by atoms with Gasteiger partial charge < -0.3 is 5.32 Å². The van der Waals surface area contributed by atoms with E-state index in [9.17, 15) is 4.79 Å². The first-order chi connectivity index (χ1) is 9.72. The molecule has 0 unspecified atom stereocenters. The number of halogens is 1. The van der Waals surface area contributed by atoms with Crippen LogP contribution in [0.5, 0.6) is 0 Å². The predicted octanol–water partition coefficient (Wildman–Crippen LogP) is 5.01. The molecule has 0 radical (unpaired) electrons. The van der Waals surface area contributed by atoms with Crippen LogP contribution in [0.2, 0.25) is 0 Å². The number of amidine groups is 1. The number of amides is 1. The summed E-state index contributed by atoms with van der Waals surface area (Å²) in [7, 11) is 0. The van der Waals surface area contributed by atoms with E-state index in [0.29, 0.717) is 11.1 Å². The lowest BCUT2D eigenvalue weighted by Crippen LogP contribution is -2.35. The van der Waals surface area contributed by atoms with Gasteiger partial charge in [0.1, 0.15) is 0 Å². The molecular weight excluding hydrogens is 368 g/mol. The molecule has 120 valence electrons. The summed E-state index contributed by atoms with van der Waals surface area (Å²) in [4.78, 5) is 17.6. The number of nitrogens with zero attached hydrogens (tertiary/aromatic N) is 1. The molecule has 0 saturated heterocycles. The molecule has 0 bridgehead atoms. The zero-order valence-corrected chi connectivity index (χ0v) is 16.8. The number of hydrogen-bond donors (Lipinski definition) is 1. The van der Waals surface area contributed by atoms with Crippen LogP contribution in [0.15, 0.2) is 26.4 Å². The maximum atomic E-state index is 12.1. The van der Waals surface area contributed by atoms with Crippen LogP contribution in [-0.2, 0) is 4.79 Å². The molecule has 21 heavy (non-hydrogen) atoms. The average Bonchev–Trinajstić information content (AvgIpc) is 2.44. The van der Waals surface area contributed by atoms with E-state index in [-0.39, 0.29) is 17.9 Å². The summed E-state index contributed by atoms with van der Waals surface area (Å²) in [5.41, 5.74) is 0. The first-order valence-electron chi connectivity index (χ1n) is 6.84. The molecule has 1 amide bonds. The standard InChI is InChI=1S/C15H25BrN2OS2/c1-8-13(16)21-12(6)11(5)17-15(20-7)18-14(19)10(4)9(2)3/h8-11H,6H2,1-5,7H3,(H,17,18,19)/b13-8-/t10-,11-/m0/s1. The molecule has 0 aromatic heterocycles. The minimum absolute atomic E-state index is 0.0122. The van der Waals surface area contributed by atoms with Gasteiger partial charge in [-0.1, -0.05) is 56.9 Å². The van der Waals surface area contributed by atoms with Crippen molar-refractivity contribution in [1.29, 1.82) is 0 Å². The van der Waals surface area contributed by atoms with E-state index < -0.39 is 0 Å². The van der Waals surface area contributed by atoms with Gasteiger partial charge in [0.2, 0.25) is 5.91 Å². The molecule has 0 aliphatic rings. The summed E-state index contributed by atoms with van der Waals surface area (Å²) < 4.78 is 1.01. The van der Waals surface area contributed by atoms with Crippen molar-refractivity contribution in [2.24, 2.45) is 16.8 Å². The van der Waals surface area contributed by atoms with Crippen LogP contribution in [0.25, 0.3) is 0 Å². The van der Waals surface area contributed by atoms with E-state index in [2.05, 4.69) is 32.8 Å². The third-order valence-electron chi connectivity index (χ3n) is 3.07. The highest BCUT2D eigenvalue weighted by molar-refractivity contribution is 9.14. The minimum Gasteiger partial charge on any atom is -0.305 e. The van der Waals surface area contributed by atoms with Crippen molar-refractivity contribution in [3.05, 3.63) is 21.4 Å². The van der Waals surface area contributed by atoms with E-state index in [1.807, 2.05) is 47.0 Å². The van der Waals surface area contributed by atoms with Gasteiger partial charge >= 0.3 is 0 Å². The number of allylic oxidation sites excluding steroid dienone is 1. The first-order valence-corrected chi connectivity index (χ1v) is 9.67. The Hall–Kier alpha value is -0.200. The van der Waals surface area contributed by atoms with Crippen LogP contribution in [-0.4, -0.2) is 23.4 Å². The number of thioether (sulfide) groups is 2. The molecule has 0 aromatic carbocycles. The molecule has 0 fully saturated rings. The van der Waals surface area contributed by atoms with Gasteiger partial charge in [-0.3, -0.25) is 9.79 Å². The van der Waals surface area contributed by atoms with Crippen molar-refractivity contribution in [1.82, 2.24) is 5.32 Å². The zero-order chi connectivity index (χ0) is 16.6. The Morgan fingerprint density at radius 3 is 2.33 bits per heavy atom. The zero-order valence-electron chi connectivity index (χ0n) is 13.6. The Balaban J connectivity index is 4.78. The van der Waals surface area contributed by atoms with Crippen molar-refractivity contribution in [3.8, 4) is 0 Å². The Labute approximate surface area is 145 Å². The normalized spacial score (nSPS) is 15.8. The predicted molar refractivity (Wildman–Crippen MR) is 102 cm³/mol. The van der Waals surface area contributed by atoms with E-state index in [0.717, 1.165) is 8.72 Å². The van der Waals surface area contributed by atoms with Gasteiger partial charge in [0.15, 0.2) is 5.17 Å². The molecule has 0 aromatic rings. The summed E-state index contributed by atoms with van der Waals surface area (Å²) in [6.07, 6.45) is 3.87. The van der Waals surface area contributed by atoms with Crippen molar-refractivity contribution >= 4 is 50.5 Å². The maximum Gasteiger partial charge on any atom is 0.229 e. The van der Waals surface area contributed by atoms with E-state index in [4.69, 9.17) is 0 Å². The Morgan fingerprint density at radius 1 is 1.33 bits per heavy atom. The second-order valence-corrected chi connectivity index (χ2v) is 8.34. The van der Waals surface area contributed by atoms with E-state index >= 15 is 0 Å². The number of rotatable bonds is 6. The maximum absolute atomic E-state index is 12.1. The summed E-state index contributed by atoms with van der Waals surface area (Å²) in [5, 5.41) is 3.54. The van der Waals surface area contributed by atoms with Crippen molar-refractivity contribution in [2.45, 2.75) is 40.7 Å². The summed E-state index contributed by atoms with van der Waals surface area (Å²) in [6.45, 7) is 14.0. The van der Waals surface area contributed by atoms with Gasteiger partial charge in [-0.05, 0) is 42.0 Å². The summed E-state index contributed by atoms with van der Waals surface area (Å²) >= 11 is 6.43. The Kier molecular flexibility index (Phi) is 10.4. The first kappa shape index (κ1) is 20.8. The van der Waals surface area contributed by atoms with Crippen LogP contribution < -0.4 is 5.32 Å². The molecular formula is C15H25BrN2OS2. The lowest BCUT2D eigenvalue weighted by molar-refractivity contribution is -0.124. The SMILES string of the molecule is C=C(S/C(Br)=C\C)[C@H](C)N=C(NC(=O)[C@@H](C)C(C)C)SC. The highest BCUT2D eigenvalue weighted by Crippen LogP contribution is 2.31. The molecule has 2 atom stereocenters. The fourth-order valence-corrected chi connectivity index (χ4v) is 2.86. The molecule has 1 N–H and O–H groups in total. The highest BCUT2D eigenvalue weighted by atomic mass is 79.9. The number of aliphatic imine (C=N–C) groups is 1. The smallest absolute Gasteiger partial charge is 0.229 e. The Morgan fingerprint density at radius 2 is 1.90 bits per heavy atom. The number of carbonyl (C=O) groups excluding carboxylic acids is 1. The molecule has 0 heterocycles. The highest BCUT2D eigenvalue weighted by Gasteiger charge is 2.18. The van der Waals surface area contributed by atoms with Gasteiger partial charge in [-0.25, -0.2) is 0 Å². The topological polar surface area (TPSA) is 41.5 Å². The third kappa shape index (κ3) is 8.12. The van der Waals surface area contributed by atoms with Gasteiger partial charge in [0.25, 0.3) is 0 Å².